The molecule has 2 aromatic heterocycles. The maximum atomic E-state index is 12.5. The molecule has 184 valence electrons. The van der Waals surface area contributed by atoms with Gasteiger partial charge in [-0.1, -0.05) is 23.4 Å². The Bertz CT molecular complexity index is 1350. The molecule has 0 saturated heterocycles. The smallest absolute Gasteiger partial charge is 0.250 e. The van der Waals surface area contributed by atoms with E-state index in [1.807, 2.05) is 28.8 Å². The van der Waals surface area contributed by atoms with Crippen molar-refractivity contribution < 1.29 is 19.4 Å². The van der Waals surface area contributed by atoms with Crippen LogP contribution in [0, 0.1) is 0 Å². The molecule has 2 N–H and O–H groups in total. The van der Waals surface area contributed by atoms with E-state index in [4.69, 9.17) is 21.1 Å². The Hall–Kier alpha value is -4.09. The van der Waals surface area contributed by atoms with Crippen LogP contribution >= 0.6 is 23.4 Å². The van der Waals surface area contributed by atoms with Crippen LogP contribution in [-0.2, 0) is 4.79 Å². The van der Waals surface area contributed by atoms with Gasteiger partial charge in [0.25, 0.3) is 5.91 Å². The lowest BCUT2D eigenvalue weighted by Crippen LogP contribution is -2.20. The Morgan fingerprint density at radius 1 is 1.11 bits per heavy atom. The van der Waals surface area contributed by atoms with Gasteiger partial charge >= 0.3 is 0 Å². The fourth-order valence-electron chi connectivity index (χ4n) is 3.20. The number of nitrogens with zero attached hydrogens (tertiary/aromatic N) is 5. The highest BCUT2D eigenvalue weighted by Gasteiger charge is 2.17. The van der Waals surface area contributed by atoms with Gasteiger partial charge < -0.3 is 14.6 Å². The van der Waals surface area contributed by atoms with E-state index >= 15 is 0 Å². The molecule has 1 amide bonds. The predicted octanol–water partition coefficient (Wildman–Crippen LogP) is 3.95. The van der Waals surface area contributed by atoms with Crippen molar-refractivity contribution in [2.75, 3.05) is 20.0 Å². The van der Waals surface area contributed by atoms with Crippen molar-refractivity contribution in [1.82, 2.24) is 25.2 Å². The number of hydrazone groups is 1. The lowest BCUT2D eigenvalue weighted by atomic mass is 10.2. The van der Waals surface area contributed by atoms with Crippen molar-refractivity contribution >= 4 is 35.5 Å². The zero-order valence-corrected chi connectivity index (χ0v) is 20.8. The summed E-state index contributed by atoms with van der Waals surface area (Å²) in [6.07, 6.45) is 4.77. The summed E-state index contributed by atoms with van der Waals surface area (Å²) in [4.78, 5) is 16.5. The van der Waals surface area contributed by atoms with Gasteiger partial charge in [-0.2, -0.15) is 5.10 Å². The Labute approximate surface area is 215 Å². The number of hydrogen-bond acceptors (Lipinski definition) is 9. The van der Waals surface area contributed by atoms with Gasteiger partial charge in [0.1, 0.15) is 0 Å². The van der Waals surface area contributed by atoms with Gasteiger partial charge in [-0.25, -0.2) is 5.43 Å². The number of methoxy groups -OCH3 is 2. The molecule has 0 fully saturated rings. The number of phenolic OH excluding ortho intramolecular Hbond substituents is 1. The molecule has 0 aliphatic rings. The summed E-state index contributed by atoms with van der Waals surface area (Å²) in [7, 11) is 2.86. The topological polar surface area (TPSA) is 124 Å². The number of halogens is 1. The van der Waals surface area contributed by atoms with Crippen molar-refractivity contribution in [2.45, 2.75) is 5.16 Å². The average molecular weight is 525 g/mol. The van der Waals surface area contributed by atoms with Gasteiger partial charge in [-0.3, -0.25) is 14.3 Å². The van der Waals surface area contributed by atoms with Crippen LogP contribution < -0.4 is 14.9 Å². The summed E-state index contributed by atoms with van der Waals surface area (Å²) in [5.74, 6) is 0.643. The number of carbonyl (C=O) groups excluding carboxylic acids is 1. The van der Waals surface area contributed by atoms with Crippen LogP contribution in [0.1, 0.15) is 5.56 Å². The minimum atomic E-state index is -0.343. The summed E-state index contributed by atoms with van der Waals surface area (Å²) >= 11 is 7.27. The Balaban J connectivity index is 1.48. The van der Waals surface area contributed by atoms with Crippen LogP contribution in [0.4, 0.5) is 0 Å². The maximum Gasteiger partial charge on any atom is 0.250 e. The highest BCUT2D eigenvalue weighted by atomic mass is 35.5. The summed E-state index contributed by atoms with van der Waals surface area (Å²) in [6.45, 7) is 0. The standard InChI is InChI=1S/C24H21ClN6O4S/c1-34-19-11-15(12-20(35-2)22(19)33)13-27-28-21(32)14-36-24-30-29-23(16-7-9-26-10-8-16)31(24)18-5-3-17(25)4-6-18/h3-13,33H,14H2,1-2H3,(H,28,32). The summed E-state index contributed by atoms with van der Waals surface area (Å²) in [5, 5.41) is 23.7. The number of phenols is 1. The largest absolute Gasteiger partial charge is 0.502 e. The summed E-state index contributed by atoms with van der Waals surface area (Å²) in [5.41, 5.74) is 4.67. The van der Waals surface area contributed by atoms with Crippen LogP contribution in [0.25, 0.3) is 17.1 Å². The third-order valence-corrected chi connectivity index (χ3v) is 6.07. The molecule has 10 nitrogen and oxygen atoms in total. The zero-order chi connectivity index (χ0) is 25.5. The molecule has 0 unspecified atom stereocenters. The molecule has 0 atom stereocenters. The van der Waals surface area contributed by atoms with Crippen molar-refractivity contribution in [1.29, 1.82) is 0 Å². The lowest BCUT2D eigenvalue weighted by Gasteiger charge is -2.10. The number of amides is 1. The number of thioether (sulfide) groups is 1. The van der Waals surface area contributed by atoms with Gasteiger partial charge in [-0.15, -0.1) is 10.2 Å². The number of benzene rings is 2. The van der Waals surface area contributed by atoms with Crippen molar-refractivity contribution in [3.8, 4) is 34.3 Å². The van der Waals surface area contributed by atoms with Gasteiger partial charge in [0, 0.05) is 34.2 Å². The number of hydrogen-bond donors (Lipinski definition) is 2. The molecule has 36 heavy (non-hydrogen) atoms. The second-order valence-corrected chi connectivity index (χ2v) is 8.59. The monoisotopic (exact) mass is 524 g/mol. The van der Waals surface area contributed by atoms with E-state index in [0.29, 0.717) is 21.6 Å². The minimum absolute atomic E-state index is 0.0433. The third kappa shape index (κ3) is 5.75. The normalized spacial score (nSPS) is 11.0. The Morgan fingerprint density at radius 3 is 2.42 bits per heavy atom. The van der Waals surface area contributed by atoms with E-state index in [1.54, 1.807) is 36.7 Å². The van der Waals surface area contributed by atoms with Gasteiger partial charge in [0.05, 0.1) is 26.2 Å². The van der Waals surface area contributed by atoms with Crippen molar-refractivity contribution in [2.24, 2.45) is 5.10 Å². The summed E-state index contributed by atoms with van der Waals surface area (Å²) < 4.78 is 12.1. The Kier molecular flexibility index (Phi) is 8.03. The van der Waals surface area contributed by atoms with Crippen LogP contribution in [0.2, 0.25) is 5.02 Å². The molecule has 2 heterocycles. The van der Waals surface area contributed by atoms with Crippen molar-refractivity contribution in [3.63, 3.8) is 0 Å². The molecule has 0 bridgehead atoms. The first-order valence-corrected chi connectivity index (χ1v) is 11.9. The molecule has 0 aliphatic carbocycles. The number of rotatable bonds is 9. The number of carbonyl (C=O) groups is 1. The molecule has 2 aromatic carbocycles. The first kappa shape index (κ1) is 25.0. The molecule has 4 rings (SSSR count). The Morgan fingerprint density at radius 2 is 1.78 bits per heavy atom. The van der Waals surface area contributed by atoms with Crippen LogP contribution in [0.3, 0.4) is 0 Å². The SMILES string of the molecule is COc1cc(C=NNC(=O)CSc2nnc(-c3ccncc3)n2-c2ccc(Cl)cc2)cc(OC)c1O. The molecule has 12 heteroatoms. The second kappa shape index (κ2) is 11.6. The minimum Gasteiger partial charge on any atom is -0.502 e. The number of pyridine rings is 1. The number of ether oxygens (including phenoxy) is 2. The van der Waals surface area contributed by atoms with Crippen molar-refractivity contribution in [3.05, 3.63) is 71.5 Å². The van der Waals surface area contributed by atoms with E-state index in [1.165, 1.54) is 32.2 Å². The molecular weight excluding hydrogens is 504 g/mol. The van der Waals surface area contributed by atoms with Crippen LogP contribution in [0.15, 0.2) is 71.2 Å². The zero-order valence-electron chi connectivity index (χ0n) is 19.3. The maximum absolute atomic E-state index is 12.5. The van der Waals surface area contributed by atoms with Gasteiger partial charge in [0.2, 0.25) is 5.75 Å². The van der Waals surface area contributed by atoms with E-state index in [2.05, 4.69) is 25.7 Å². The summed E-state index contributed by atoms with van der Waals surface area (Å²) in [6, 6.07) is 14.1. The first-order chi connectivity index (χ1) is 17.5. The highest BCUT2D eigenvalue weighted by molar-refractivity contribution is 7.99. The van der Waals surface area contributed by atoms with Gasteiger partial charge in [0.15, 0.2) is 22.5 Å². The van der Waals surface area contributed by atoms with Gasteiger partial charge in [-0.05, 0) is 48.5 Å². The lowest BCUT2D eigenvalue weighted by molar-refractivity contribution is -0.118. The molecule has 0 spiro atoms. The van der Waals surface area contributed by atoms with E-state index in [9.17, 15) is 9.90 Å². The third-order valence-electron chi connectivity index (χ3n) is 4.89. The van der Waals surface area contributed by atoms with Crippen LogP contribution in [-0.4, -0.2) is 56.9 Å². The molecule has 0 aliphatic heterocycles. The fourth-order valence-corrected chi connectivity index (χ4v) is 4.07. The van der Waals surface area contributed by atoms with E-state index < -0.39 is 0 Å². The second-order valence-electron chi connectivity index (χ2n) is 7.21. The fraction of sp³-hybridized carbons (Fsp3) is 0.125. The number of nitrogens with one attached hydrogen (secondary N) is 1. The average Bonchev–Trinajstić information content (AvgIpc) is 3.33. The molecular formula is C24H21ClN6O4S. The quantitative estimate of drug-likeness (QED) is 0.192. The number of aromatic nitrogens is 4. The first-order valence-electron chi connectivity index (χ1n) is 10.5. The number of aromatic hydroxyl groups is 1. The molecule has 0 saturated carbocycles. The molecule has 0 radical (unpaired) electrons. The van der Waals surface area contributed by atoms with Crippen LogP contribution in [0.5, 0.6) is 17.2 Å². The van der Waals surface area contributed by atoms with E-state index in [-0.39, 0.29) is 28.9 Å². The predicted molar refractivity (Wildman–Crippen MR) is 137 cm³/mol. The molecule has 4 aromatic rings. The highest BCUT2D eigenvalue weighted by Crippen LogP contribution is 2.36. The van der Waals surface area contributed by atoms with E-state index in [0.717, 1.165) is 11.3 Å².